The summed E-state index contributed by atoms with van der Waals surface area (Å²) in [5.74, 6) is -0.134. The van der Waals surface area contributed by atoms with Crippen molar-refractivity contribution in [2.45, 2.75) is 64.1 Å². The van der Waals surface area contributed by atoms with E-state index in [9.17, 15) is 14.0 Å². The maximum absolute atomic E-state index is 13.5. The van der Waals surface area contributed by atoms with Gasteiger partial charge in [0.25, 0.3) is 0 Å². The molecular formula is C24H34FN3O3. The quantitative estimate of drug-likeness (QED) is 0.719. The van der Waals surface area contributed by atoms with Gasteiger partial charge in [0.15, 0.2) is 0 Å². The lowest BCUT2D eigenvalue weighted by Crippen LogP contribution is -2.50. The summed E-state index contributed by atoms with van der Waals surface area (Å²) in [4.78, 5) is 32.5. The van der Waals surface area contributed by atoms with Gasteiger partial charge in [0.1, 0.15) is 23.7 Å². The molecule has 31 heavy (non-hydrogen) atoms. The molecule has 170 valence electrons. The molecule has 0 spiro atoms. The first kappa shape index (κ1) is 22.1. The molecule has 1 aromatic carbocycles. The molecule has 2 unspecified atom stereocenters. The van der Waals surface area contributed by atoms with Crippen molar-refractivity contribution in [3.63, 3.8) is 0 Å². The fraction of sp³-hybridized carbons (Fsp3) is 0.667. The van der Waals surface area contributed by atoms with E-state index >= 15 is 0 Å². The first-order chi connectivity index (χ1) is 14.9. The molecule has 7 heteroatoms. The predicted molar refractivity (Wildman–Crippen MR) is 116 cm³/mol. The second-order valence-electron chi connectivity index (χ2n) is 9.39. The number of carbonyl (C=O) groups is 2. The number of amides is 2. The average Bonchev–Trinajstić information content (AvgIpc) is 2.96. The maximum atomic E-state index is 13.5. The fourth-order valence-corrected chi connectivity index (χ4v) is 4.91. The third kappa shape index (κ3) is 5.03. The van der Waals surface area contributed by atoms with Crippen molar-refractivity contribution in [2.24, 2.45) is 5.92 Å². The van der Waals surface area contributed by atoms with Crippen LogP contribution in [0.4, 0.5) is 4.39 Å². The van der Waals surface area contributed by atoms with E-state index in [-0.39, 0.29) is 29.7 Å². The SMILES string of the molecule is CC(C)C(=O)N1CC(Oc2cccc(F)c2)CC1C(=O)N1CCCN(C2CCC2)CC1. The van der Waals surface area contributed by atoms with Crippen molar-refractivity contribution in [3.05, 3.63) is 30.1 Å². The molecule has 0 bridgehead atoms. The number of nitrogens with zero attached hydrogens (tertiary/aromatic N) is 3. The number of rotatable bonds is 5. The van der Waals surface area contributed by atoms with Crippen LogP contribution < -0.4 is 4.74 Å². The summed E-state index contributed by atoms with van der Waals surface area (Å²) >= 11 is 0. The minimum absolute atomic E-state index is 0.0230. The number of halogens is 1. The van der Waals surface area contributed by atoms with E-state index in [0.29, 0.717) is 31.3 Å². The lowest BCUT2D eigenvalue weighted by molar-refractivity contribution is -0.145. The van der Waals surface area contributed by atoms with Crippen molar-refractivity contribution in [2.75, 3.05) is 32.7 Å². The van der Waals surface area contributed by atoms with E-state index in [1.54, 1.807) is 17.0 Å². The second-order valence-corrected chi connectivity index (χ2v) is 9.39. The Morgan fingerprint density at radius 3 is 2.58 bits per heavy atom. The highest BCUT2D eigenvalue weighted by atomic mass is 19.1. The minimum atomic E-state index is -0.510. The number of likely N-dealkylation sites (tertiary alicyclic amines) is 1. The molecule has 1 saturated carbocycles. The topological polar surface area (TPSA) is 53.1 Å². The summed E-state index contributed by atoms with van der Waals surface area (Å²) in [6.07, 6.45) is 4.94. The van der Waals surface area contributed by atoms with Gasteiger partial charge >= 0.3 is 0 Å². The third-order valence-electron chi connectivity index (χ3n) is 6.86. The van der Waals surface area contributed by atoms with E-state index in [1.165, 1.54) is 31.4 Å². The Hall–Kier alpha value is -2.15. The van der Waals surface area contributed by atoms with Crippen molar-refractivity contribution in [1.82, 2.24) is 14.7 Å². The van der Waals surface area contributed by atoms with Crippen LogP contribution in [0.25, 0.3) is 0 Å². The van der Waals surface area contributed by atoms with Gasteiger partial charge in [-0.15, -0.1) is 0 Å². The van der Waals surface area contributed by atoms with E-state index in [0.717, 1.165) is 26.1 Å². The van der Waals surface area contributed by atoms with Gasteiger partial charge in [0.2, 0.25) is 11.8 Å². The number of benzene rings is 1. The van der Waals surface area contributed by atoms with Crippen molar-refractivity contribution >= 4 is 11.8 Å². The smallest absolute Gasteiger partial charge is 0.245 e. The van der Waals surface area contributed by atoms with Crippen LogP contribution in [0.5, 0.6) is 5.75 Å². The van der Waals surface area contributed by atoms with Crippen LogP contribution >= 0.6 is 0 Å². The number of hydrogen-bond donors (Lipinski definition) is 0. The van der Waals surface area contributed by atoms with Crippen LogP contribution in [0.15, 0.2) is 24.3 Å². The molecule has 2 saturated heterocycles. The molecule has 3 fully saturated rings. The average molecular weight is 432 g/mol. The second kappa shape index (κ2) is 9.55. The summed E-state index contributed by atoms with van der Waals surface area (Å²) < 4.78 is 19.5. The van der Waals surface area contributed by atoms with Crippen LogP contribution in [0.1, 0.15) is 46.0 Å². The number of ether oxygens (including phenoxy) is 1. The van der Waals surface area contributed by atoms with Crippen LogP contribution in [-0.4, -0.2) is 77.4 Å². The molecule has 4 rings (SSSR count). The van der Waals surface area contributed by atoms with Crippen LogP contribution in [0, 0.1) is 11.7 Å². The molecule has 3 aliphatic rings. The highest BCUT2D eigenvalue weighted by Crippen LogP contribution is 2.28. The Kier molecular flexibility index (Phi) is 6.80. The van der Waals surface area contributed by atoms with Crippen LogP contribution in [0.2, 0.25) is 0 Å². The van der Waals surface area contributed by atoms with E-state index < -0.39 is 6.04 Å². The zero-order chi connectivity index (χ0) is 22.0. The summed E-state index contributed by atoms with van der Waals surface area (Å²) in [7, 11) is 0. The Bertz CT molecular complexity index is 798. The van der Waals surface area contributed by atoms with Crippen molar-refractivity contribution in [1.29, 1.82) is 0 Å². The molecule has 2 amide bonds. The standard InChI is InChI=1S/C24H34FN3O3/c1-17(2)23(29)28-16-21(31-20-9-3-6-18(25)14-20)15-22(28)24(30)27-11-5-10-26(12-13-27)19-7-4-8-19/h3,6,9,14,17,19,21-22H,4-5,7-8,10-13,15-16H2,1-2H3. The molecule has 1 aromatic rings. The Morgan fingerprint density at radius 1 is 1.10 bits per heavy atom. The molecule has 6 nitrogen and oxygen atoms in total. The van der Waals surface area contributed by atoms with Gasteiger partial charge in [-0.05, 0) is 31.4 Å². The molecule has 2 heterocycles. The molecular weight excluding hydrogens is 397 g/mol. The first-order valence-electron chi connectivity index (χ1n) is 11.7. The van der Waals surface area contributed by atoms with E-state index in [2.05, 4.69) is 4.90 Å². The fourth-order valence-electron chi connectivity index (χ4n) is 4.91. The summed E-state index contributed by atoms with van der Waals surface area (Å²) in [6, 6.07) is 6.19. The van der Waals surface area contributed by atoms with Crippen LogP contribution in [0.3, 0.4) is 0 Å². The van der Waals surface area contributed by atoms with E-state index in [1.807, 2.05) is 18.7 Å². The van der Waals surface area contributed by atoms with Crippen molar-refractivity contribution < 1.29 is 18.7 Å². The largest absolute Gasteiger partial charge is 0.488 e. The Morgan fingerprint density at radius 2 is 1.90 bits per heavy atom. The molecule has 0 radical (unpaired) electrons. The lowest BCUT2D eigenvalue weighted by Gasteiger charge is -2.37. The van der Waals surface area contributed by atoms with Gasteiger partial charge in [0, 0.05) is 50.6 Å². The summed E-state index contributed by atoms with van der Waals surface area (Å²) in [6.45, 7) is 7.46. The van der Waals surface area contributed by atoms with Gasteiger partial charge in [-0.25, -0.2) is 4.39 Å². The number of carbonyl (C=O) groups excluding carboxylic acids is 2. The maximum Gasteiger partial charge on any atom is 0.245 e. The molecule has 2 atom stereocenters. The Balaban J connectivity index is 1.44. The normalized spacial score (nSPS) is 25.4. The summed E-state index contributed by atoms with van der Waals surface area (Å²) in [5.41, 5.74) is 0. The summed E-state index contributed by atoms with van der Waals surface area (Å²) in [5, 5.41) is 0. The molecule has 2 aliphatic heterocycles. The highest BCUT2D eigenvalue weighted by Gasteiger charge is 2.43. The zero-order valence-electron chi connectivity index (χ0n) is 18.6. The van der Waals surface area contributed by atoms with Gasteiger partial charge in [-0.2, -0.15) is 0 Å². The van der Waals surface area contributed by atoms with Gasteiger partial charge in [-0.3, -0.25) is 14.5 Å². The number of hydrogen-bond acceptors (Lipinski definition) is 4. The lowest BCUT2D eigenvalue weighted by atomic mass is 9.91. The van der Waals surface area contributed by atoms with Gasteiger partial charge in [0.05, 0.1) is 6.54 Å². The van der Waals surface area contributed by atoms with Crippen molar-refractivity contribution in [3.8, 4) is 5.75 Å². The van der Waals surface area contributed by atoms with Gasteiger partial charge < -0.3 is 14.5 Å². The first-order valence-corrected chi connectivity index (χ1v) is 11.7. The predicted octanol–water partition coefficient (Wildman–Crippen LogP) is 2.92. The molecule has 0 N–H and O–H groups in total. The Labute approximate surface area is 184 Å². The monoisotopic (exact) mass is 431 g/mol. The van der Waals surface area contributed by atoms with Crippen LogP contribution in [-0.2, 0) is 9.59 Å². The zero-order valence-corrected chi connectivity index (χ0v) is 18.6. The molecule has 1 aliphatic carbocycles. The molecule has 0 aromatic heterocycles. The minimum Gasteiger partial charge on any atom is -0.488 e. The highest BCUT2D eigenvalue weighted by molar-refractivity contribution is 5.89. The van der Waals surface area contributed by atoms with Gasteiger partial charge in [-0.1, -0.05) is 26.3 Å². The van der Waals surface area contributed by atoms with E-state index in [4.69, 9.17) is 4.74 Å². The third-order valence-corrected chi connectivity index (χ3v) is 6.86.